The molecule has 3 rings (SSSR count). The lowest BCUT2D eigenvalue weighted by Gasteiger charge is -2.37. The van der Waals surface area contributed by atoms with Gasteiger partial charge in [0, 0.05) is 25.6 Å². The summed E-state index contributed by atoms with van der Waals surface area (Å²) in [5.41, 5.74) is 2.80. The fourth-order valence-corrected chi connectivity index (χ4v) is 6.00. The third kappa shape index (κ3) is 5.58. The Kier molecular flexibility index (Phi) is 7.55. The van der Waals surface area contributed by atoms with Crippen molar-refractivity contribution in [1.82, 2.24) is 8.61 Å². The van der Waals surface area contributed by atoms with Crippen molar-refractivity contribution in [1.29, 1.82) is 0 Å². The molecule has 0 fully saturated rings. The van der Waals surface area contributed by atoms with Crippen molar-refractivity contribution in [2.45, 2.75) is 37.8 Å². The molecular formula is C23H32N2O6S2. The number of aliphatic hydroxyl groups is 1. The Bertz CT molecular complexity index is 1200. The largest absolute Gasteiger partial charge is 0.487 e. The zero-order chi connectivity index (χ0) is 24.6. The SMILES string of the molecule is Cc1ccc(-c2ccc3c(c2)O[C@H](CN(C)S(C)(=O)=O)[C@@H](C)CN([C@@H](C)CO)S3(=O)=O)cc1. The second kappa shape index (κ2) is 9.71. The van der Waals surface area contributed by atoms with E-state index in [9.17, 15) is 21.9 Å². The van der Waals surface area contributed by atoms with E-state index in [2.05, 4.69) is 0 Å². The summed E-state index contributed by atoms with van der Waals surface area (Å²) in [4.78, 5) is -0.00225. The highest BCUT2D eigenvalue weighted by molar-refractivity contribution is 7.89. The van der Waals surface area contributed by atoms with Gasteiger partial charge in [-0.3, -0.25) is 0 Å². The topological polar surface area (TPSA) is 104 Å². The number of ether oxygens (including phenoxy) is 1. The Morgan fingerprint density at radius 2 is 1.79 bits per heavy atom. The summed E-state index contributed by atoms with van der Waals surface area (Å²) in [5.74, 6) is -0.171. The zero-order valence-electron chi connectivity index (χ0n) is 19.6. The molecule has 0 aromatic heterocycles. The van der Waals surface area contributed by atoms with Crippen LogP contribution in [0.1, 0.15) is 19.4 Å². The Balaban J connectivity index is 2.14. The van der Waals surface area contributed by atoms with Gasteiger partial charge in [0.15, 0.2) is 0 Å². The van der Waals surface area contributed by atoms with E-state index in [1.807, 2.05) is 38.1 Å². The highest BCUT2D eigenvalue weighted by Crippen LogP contribution is 2.36. The minimum absolute atomic E-state index is 0.00225. The maximum atomic E-state index is 13.5. The average Bonchev–Trinajstić information content (AvgIpc) is 2.75. The van der Waals surface area contributed by atoms with E-state index >= 15 is 0 Å². The van der Waals surface area contributed by atoms with E-state index < -0.39 is 32.2 Å². The number of sulfonamides is 2. The molecule has 1 aliphatic rings. The lowest BCUT2D eigenvalue weighted by molar-refractivity contribution is 0.0906. The second-order valence-corrected chi connectivity index (χ2v) is 12.8. The number of nitrogens with zero attached hydrogens (tertiary/aromatic N) is 2. The first-order valence-electron chi connectivity index (χ1n) is 10.8. The van der Waals surface area contributed by atoms with Gasteiger partial charge < -0.3 is 9.84 Å². The monoisotopic (exact) mass is 496 g/mol. The first-order chi connectivity index (χ1) is 15.3. The maximum Gasteiger partial charge on any atom is 0.247 e. The van der Waals surface area contributed by atoms with Crippen molar-refractivity contribution in [3.63, 3.8) is 0 Å². The van der Waals surface area contributed by atoms with Crippen LogP contribution in [0.15, 0.2) is 47.4 Å². The van der Waals surface area contributed by atoms with Crippen LogP contribution in [0.3, 0.4) is 0 Å². The predicted molar refractivity (Wildman–Crippen MR) is 128 cm³/mol. The highest BCUT2D eigenvalue weighted by atomic mass is 32.2. The summed E-state index contributed by atoms with van der Waals surface area (Å²) in [6.07, 6.45) is 0.523. The van der Waals surface area contributed by atoms with E-state index in [1.54, 1.807) is 19.1 Å². The number of benzene rings is 2. The van der Waals surface area contributed by atoms with Crippen LogP contribution in [0.4, 0.5) is 0 Å². The van der Waals surface area contributed by atoms with Crippen molar-refractivity contribution < 1.29 is 26.7 Å². The van der Waals surface area contributed by atoms with Crippen LogP contribution in [-0.4, -0.2) is 75.7 Å². The molecule has 0 radical (unpaired) electrons. The highest BCUT2D eigenvalue weighted by Gasteiger charge is 2.38. The average molecular weight is 497 g/mol. The van der Waals surface area contributed by atoms with Crippen LogP contribution in [0, 0.1) is 12.8 Å². The maximum absolute atomic E-state index is 13.5. The van der Waals surface area contributed by atoms with Crippen LogP contribution in [0.25, 0.3) is 11.1 Å². The number of aryl methyl sites for hydroxylation is 1. The fraction of sp³-hybridized carbons (Fsp3) is 0.478. The first-order valence-corrected chi connectivity index (χ1v) is 14.0. The molecule has 182 valence electrons. The van der Waals surface area contributed by atoms with Gasteiger partial charge >= 0.3 is 0 Å². The third-order valence-electron chi connectivity index (χ3n) is 6.06. The van der Waals surface area contributed by atoms with Crippen LogP contribution in [0.5, 0.6) is 5.75 Å². The molecule has 33 heavy (non-hydrogen) atoms. The van der Waals surface area contributed by atoms with Gasteiger partial charge in [-0.2, -0.15) is 4.31 Å². The van der Waals surface area contributed by atoms with Crippen LogP contribution < -0.4 is 4.74 Å². The fourth-order valence-electron chi connectivity index (χ4n) is 3.76. The van der Waals surface area contributed by atoms with Gasteiger partial charge in [-0.05, 0) is 37.1 Å². The summed E-state index contributed by atoms with van der Waals surface area (Å²) in [7, 11) is -5.94. The molecule has 10 heteroatoms. The second-order valence-electron chi connectivity index (χ2n) is 8.81. The summed E-state index contributed by atoms with van der Waals surface area (Å²) in [6.45, 7) is 5.27. The molecule has 8 nitrogen and oxygen atoms in total. The van der Waals surface area contributed by atoms with E-state index in [-0.39, 0.29) is 36.3 Å². The normalized spacial score (nSPS) is 22.2. The summed E-state index contributed by atoms with van der Waals surface area (Å²) in [5, 5.41) is 9.72. The van der Waals surface area contributed by atoms with E-state index in [1.165, 1.54) is 21.7 Å². The Labute approximate surface area is 196 Å². The zero-order valence-corrected chi connectivity index (χ0v) is 21.2. The minimum Gasteiger partial charge on any atom is -0.487 e. The Morgan fingerprint density at radius 1 is 1.18 bits per heavy atom. The van der Waals surface area contributed by atoms with Crippen LogP contribution in [-0.2, 0) is 20.0 Å². The van der Waals surface area contributed by atoms with E-state index in [0.717, 1.165) is 22.9 Å². The van der Waals surface area contributed by atoms with Crippen molar-refractivity contribution in [2.75, 3.05) is 33.0 Å². The smallest absolute Gasteiger partial charge is 0.247 e. The lowest BCUT2D eigenvalue weighted by Crippen LogP contribution is -2.50. The number of hydrogen-bond acceptors (Lipinski definition) is 6. The molecule has 0 unspecified atom stereocenters. The van der Waals surface area contributed by atoms with Gasteiger partial charge in [-0.1, -0.05) is 42.8 Å². The van der Waals surface area contributed by atoms with Crippen LogP contribution in [0.2, 0.25) is 0 Å². The molecule has 0 spiro atoms. The molecule has 0 amide bonds. The molecular weight excluding hydrogens is 464 g/mol. The molecule has 2 aromatic rings. The van der Waals surface area contributed by atoms with Gasteiger partial charge in [-0.25, -0.2) is 21.1 Å². The van der Waals surface area contributed by atoms with Crippen LogP contribution >= 0.6 is 0 Å². The van der Waals surface area contributed by atoms with Gasteiger partial charge in [0.1, 0.15) is 16.7 Å². The first kappa shape index (κ1) is 25.6. The van der Waals surface area contributed by atoms with Gasteiger partial charge in [0.2, 0.25) is 20.0 Å². The van der Waals surface area contributed by atoms with Crippen molar-refractivity contribution in [2.24, 2.45) is 5.92 Å². The van der Waals surface area contributed by atoms with Gasteiger partial charge in [0.05, 0.1) is 19.4 Å². The molecule has 1 aliphatic heterocycles. The molecule has 0 saturated carbocycles. The number of aliphatic hydroxyl groups excluding tert-OH is 1. The van der Waals surface area contributed by atoms with Crippen molar-refractivity contribution >= 4 is 20.0 Å². The molecule has 0 saturated heterocycles. The van der Waals surface area contributed by atoms with E-state index in [4.69, 9.17) is 4.74 Å². The third-order valence-corrected chi connectivity index (χ3v) is 9.36. The van der Waals surface area contributed by atoms with E-state index in [0.29, 0.717) is 0 Å². The molecule has 3 atom stereocenters. The number of rotatable bonds is 6. The molecule has 0 aliphatic carbocycles. The number of fused-ring (bicyclic) bond motifs is 1. The predicted octanol–water partition coefficient (Wildman–Crippen LogP) is 2.32. The Morgan fingerprint density at radius 3 is 2.36 bits per heavy atom. The number of hydrogen-bond donors (Lipinski definition) is 1. The lowest BCUT2D eigenvalue weighted by atomic mass is 10.0. The standard InChI is InChI=1S/C23H32N2O6S2/c1-16-6-8-19(9-7-16)20-10-11-23-21(12-20)31-22(14-24(4)32(5,27)28)17(2)13-25(18(3)15-26)33(23,29)30/h6-12,17-18,22,26H,13-15H2,1-5H3/t17-,18-,22+/m0/s1. The summed E-state index contributed by atoms with van der Waals surface area (Å²) >= 11 is 0. The minimum atomic E-state index is -3.96. The quantitative estimate of drug-likeness (QED) is 0.658. The number of likely N-dealkylation sites (N-methyl/N-ethyl adjacent to an activating group) is 1. The van der Waals surface area contributed by atoms with Crippen molar-refractivity contribution in [3.8, 4) is 16.9 Å². The van der Waals surface area contributed by atoms with Gasteiger partial charge in [-0.15, -0.1) is 0 Å². The van der Waals surface area contributed by atoms with Gasteiger partial charge in [0.25, 0.3) is 0 Å². The molecule has 0 bridgehead atoms. The molecule has 1 heterocycles. The summed E-state index contributed by atoms with van der Waals surface area (Å²) in [6, 6.07) is 12.1. The molecule has 1 N–H and O–H groups in total. The molecule has 2 aromatic carbocycles. The summed E-state index contributed by atoms with van der Waals surface area (Å²) < 4.78 is 59.8. The van der Waals surface area contributed by atoms with Crippen molar-refractivity contribution in [3.05, 3.63) is 48.0 Å². The Hall–Kier alpha value is -1.98.